The van der Waals surface area contributed by atoms with Crippen molar-refractivity contribution in [2.24, 2.45) is 0 Å². The number of aliphatic hydroxyl groups excluding tert-OH is 1. The summed E-state index contributed by atoms with van der Waals surface area (Å²) in [5, 5.41) is 9.19. The van der Waals surface area contributed by atoms with Crippen LogP contribution in [0.1, 0.15) is 24.3 Å². The molecule has 1 aromatic rings. The largest absolute Gasteiger partial charge is 0.392 e. The molecule has 0 bridgehead atoms. The molecule has 0 aromatic carbocycles. The molecule has 0 aliphatic heterocycles. The Balaban J connectivity index is 2.76. The maximum Gasteiger partial charge on any atom is 0.270 e. The first kappa shape index (κ1) is 11.8. The Labute approximate surface area is 90.1 Å². The van der Waals surface area contributed by atoms with Gasteiger partial charge in [-0.25, -0.2) is 0 Å². The zero-order chi connectivity index (χ0) is 11.4. The number of aryl methyl sites for hydroxylation is 1. The normalized spacial score (nSPS) is 12.5. The summed E-state index contributed by atoms with van der Waals surface area (Å²) >= 11 is 0. The van der Waals surface area contributed by atoms with Crippen LogP contribution in [0.3, 0.4) is 0 Å². The lowest BCUT2D eigenvalue weighted by Gasteiger charge is -2.19. The molecule has 0 saturated carbocycles. The first-order chi connectivity index (χ1) is 7.06. The monoisotopic (exact) mass is 210 g/mol. The van der Waals surface area contributed by atoms with Gasteiger partial charge >= 0.3 is 0 Å². The Bertz CT molecular complexity index is 331. The van der Waals surface area contributed by atoms with E-state index in [0.29, 0.717) is 12.2 Å². The highest BCUT2D eigenvalue weighted by Gasteiger charge is 2.15. The van der Waals surface area contributed by atoms with Gasteiger partial charge in [-0.1, -0.05) is 0 Å². The molecule has 0 saturated heterocycles. The van der Waals surface area contributed by atoms with Crippen molar-refractivity contribution in [1.82, 2.24) is 9.47 Å². The van der Waals surface area contributed by atoms with Crippen molar-refractivity contribution in [3.05, 3.63) is 24.0 Å². The molecule has 1 amide bonds. The summed E-state index contributed by atoms with van der Waals surface area (Å²) in [7, 11) is 1.70. The summed E-state index contributed by atoms with van der Waals surface area (Å²) in [5.41, 5.74) is 0.667. The van der Waals surface area contributed by atoms with E-state index in [2.05, 4.69) is 0 Å². The first-order valence-electron chi connectivity index (χ1n) is 5.15. The summed E-state index contributed by atoms with van der Waals surface area (Å²) in [6, 6.07) is 3.65. The maximum atomic E-state index is 11.9. The first-order valence-corrected chi connectivity index (χ1v) is 5.15. The standard InChI is InChI=1S/C11H18N2O2/c1-4-13-7-5-6-10(13)11(15)12(3)8-9(2)14/h5-7,9,14H,4,8H2,1-3H3. The van der Waals surface area contributed by atoms with Gasteiger partial charge in [0.2, 0.25) is 0 Å². The number of hydrogen-bond acceptors (Lipinski definition) is 2. The van der Waals surface area contributed by atoms with Gasteiger partial charge in [0.15, 0.2) is 0 Å². The van der Waals surface area contributed by atoms with Crippen molar-refractivity contribution in [3.63, 3.8) is 0 Å². The molecular formula is C11H18N2O2. The third kappa shape index (κ3) is 2.83. The maximum absolute atomic E-state index is 11.9. The van der Waals surface area contributed by atoms with Crippen molar-refractivity contribution >= 4 is 5.91 Å². The lowest BCUT2D eigenvalue weighted by Crippen LogP contribution is -2.34. The molecule has 1 atom stereocenters. The van der Waals surface area contributed by atoms with Crippen LogP contribution in [-0.4, -0.2) is 40.2 Å². The van der Waals surface area contributed by atoms with Crippen LogP contribution in [-0.2, 0) is 6.54 Å². The fourth-order valence-corrected chi connectivity index (χ4v) is 1.56. The summed E-state index contributed by atoms with van der Waals surface area (Å²) in [6.07, 6.45) is 1.38. The van der Waals surface area contributed by atoms with E-state index in [1.807, 2.05) is 23.8 Å². The van der Waals surface area contributed by atoms with E-state index in [4.69, 9.17) is 0 Å². The van der Waals surface area contributed by atoms with Crippen molar-refractivity contribution in [2.45, 2.75) is 26.5 Å². The van der Waals surface area contributed by atoms with Gasteiger partial charge in [0.25, 0.3) is 5.91 Å². The molecule has 1 rings (SSSR count). The topological polar surface area (TPSA) is 45.5 Å². The van der Waals surface area contributed by atoms with E-state index >= 15 is 0 Å². The smallest absolute Gasteiger partial charge is 0.270 e. The number of amides is 1. The number of carbonyl (C=O) groups excluding carboxylic acids is 1. The minimum Gasteiger partial charge on any atom is -0.392 e. The van der Waals surface area contributed by atoms with Crippen LogP contribution in [0.2, 0.25) is 0 Å². The average molecular weight is 210 g/mol. The second kappa shape index (κ2) is 4.98. The molecule has 0 spiro atoms. The predicted octanol–water partition coefficient (Wildman–Crippen LogP) is 0.961. The lowest BCUT2D eigenvalue weighted by molar-refractivity contribution is 0.0693. The van der Waals surface area contributed by atoms with Gasteiger partial charge in [0.1, 0.15) is 5.69 Å². The SMILES string of the molecule is CCn1cccc1C(=O)N(C)CC(C)O. The molecule has 0 radical (unpaired) electrons. The molecule has 0 aliphatic rings. The van der Waals surface area contributed by atoms with Gasteiger partial charge in [-0.2, -0.15) is 0 Å². The van der Waals surface area contributed by atoms with E-state index in [-0.39, 0.29) is 5.91 Å². The minimum absolute atomic E-state index is 0.0530. The third-order valence-corrected chi connectivity index (χ3v) is 2.27. The second-order valence-electron chi connectivity index (χ2n) is 3.71. The molecule has 1 heterocycles. The van der Waals surface area contributed by atoms with Crippen LogP contribution in [0.4, 0.5) is 0 Å². The average Bonchev–Trinajstić information content (AvgIpc) is 2.62. The molecule has 0 fully saturated rings. The Morgan fingerprint density at radius 3 is 2.87 bits per heavy atom. The van der Waals surface area contributed by atoms with Crippen molar-refractivity contribution < 1.29 is 9.90 Å². The number of aliphatic hydroxyl groups is 1. The fraction of sp³-hybridized carbons (Fsp3) is 0.545. The highest BCUT2D eigenvalue weighted by atomic mass is 16.3. The van der Waals surface area contributed by atoms with Gasteiger partial charge < -0.3 is 14.6 Å². The Hall–Kier alpha value is -1.29. The van der Waals surface area contributed by atoms with E-state index in [1.54, 1.807) is 20.0 Å². The summed E-state index contributed by atoms with van der Waals surface area (Å²) in [6.45, 7) is 4.79. The summed E-state index contributed by atoms with van der Waals surface area (Å²) in [4.78, 5) is 13.4. The Morgan fingerprint density at radius 2 is 2.33 bits per heavy atom. The van der Waals surface area contributed by atoms with Gasteiger partial charge in [-0.05, 0) is 26.0 Å². The minimum atomic E-state index is -0.496. The highest BCUT2D eigenvalue weighted by molar-refractivity contribution is 5.92. The molecule has 4 nitrogen and oxygen atoms in total. The summed E-state index contributed by atoms with van der Waals surface area (Å²) < 4.78 is 1.89. The van der Waals surface area contributed by atoms with Crippen molar-refractivity contribution in [1.29, 1.82) is 0 Å². The number of nitrogens with zero attached hydrogens (tertiary/aromatic N) is 2. The lowest BCUT2D eigenvalue weighted by atomic mass is 10.3. The molecular weight excluding hydrogens is 192 g/mol. The van der Waals surface area contributed by atoms with Crippen molar-refractivity contribution in [2.75, 3.05) is 13.6 Å². The third-order valence-electron chi connectivity index (χ3n) is 2.27. The quantitative estimate of drug-likeness (QED) is 0.804. The molecule has 15 heavy (non-hydrogen) atoms. The number of rotatable bonds is 4. The van der Waals surface area contributed by atoms with Gasteiger partial charge in [-0.3, -0.25) is 4.79 Å². The number of hydrogen-bond donors (Lipinski definition) is 1. The molecule has 4 heteroatoms. The van der Waals surface area contributed by atoms with E-state index < -0.39 is 6.10 Å². The highest BCUT2D eigenvalue weighted by Crippen LogP contribution is 2.06. The molecule has 0 aliphatic carbocycles. The number of likely N-dealkylation sites (N-methyl/N-ethyl adjacent to an activating group) is 1. The zero-order valence-electron chi connectivity index (χ0n) is 9.47. The van der Waals surface area contributed by atoms with E-state index in [0.717, 1.165) is 6.54 Å². The van der Waals surface area contributed by atoms with Crippen LogP contribution >= 0.6 is 0 Å². The van der Waals surface area contributed by atoms with Gasteiger partial charge in [0.05, 0.1) is 6.10 Å². The fourth-order valence-electron chi connectivity index (χ4n) is 1.56. The molecule has 1 N–H and O–H groups in total. The summed E-state index contributed by atoms with van der Waals surface area (Å²) in [5.74, 6) is -0.0530. The van der Waals surface area contributed by atoms with E-state index in [1.165, 1.54) is 4.90 Å². The van der Waals surface area contributed by atoms with Crippen LogP contribution < -0.4 is 0 Å². The molecule has 84 valence electrons. The Kier molecular flexibility index (Phi) is 3.91. The Morgan fingerprint density at radius 1 is 1.67 bits per heavy atom. The number of aromatic nitrogens is 1. The van der Waals surface area contributed by atoms with Gasteiger partial charge in [-0.15, -0.1) is 0 Å². The molecule has 1 aromatic heterocycles. The van der Waals surface area contributed by atoms with Crippen LogP contribution in [0.15, 0.2) is 18.3 Å². The second-order valence-corrected chi connectivity index (χ2v) is 3.71. The predicted molar refractivity (Wildman–Crippen MR) is 58.7 cm³/mol. The molecule has 1 unspecified atom stereocenters. The van der Waals surface area contributed by atoms with Crippen LogP contribution in [0, 0.1) is 0 Å². The van der Waals surface area contributed by atoms with Crippen LogP contribution in [0.25, 0.3) is 0 Å². The van der Waals surface area contributed by atoms with E-state index in [9.17, 15) is 9.90 Å². The zero-order valence-corrected chi connectivity index (χ0v) is 9.47. The van der Waals surface area contributed by atoms with Crippen LogP contribution in [0.5, 0.6) is 0 Å². The number of carbonyl (C=O) groups is 1. The van der Waals surface area contributed by atoms with Crippen molar-refractivity contribution in [3.8, 4) is 0 Å². The van der Waals surface area contributed by atoms with Gasteiger partial charge in [0, 0.05) is 26.3 Å².